The third kappa shape index (κ3) is 6.80. The van der Waals surface area contributed by atoms with Gasteiger partial charge in [0.05, 0.1) is 11.0 Å². The van der Waals surface area contributed by atoms with Gasteiger partial charge in [0.15, 0.2) is 0 Å². The van der Waals surface area contributed by atoms with Crippen molar-refractivity contribution in [2.75, 3.05) is 0 Å². The lowest BCUT2D eigenvalue weighted by Gasteiger charge is -2.21. The van der Waals surface area contributed by atoms with E-state index in [-0.39, 0.29) is 0 Å². The molecule has 304 valence electrons. The molecular formula is C63H42N2. The van der Waals surface area contributed by atoms with Gasteiger partial charge in [-0.15, -0.1) is 0 Å². The second kappa shape index (κ2) is 16.3. The minimum atomic E-state index is 0.919. The first-order chi connectivity index (χ1) is 32.3. The molecule has 0 unspecified atom stereocenters. The molecule has 0 radical (unpaired) electrons. The zero-order chi connectivity index (χ0) is 43.1. The fraction of sp³-hybridized carbons (Fsp3) is 0. The third-order valence-electron chi connectivity index (χ3n) is 12.8. The van der Waals surface area contributed by atoms with Gasteiger partial charge in [-0.25, -0.2) is 4.98 Å². The van der Waals surface area contributed by atoms with Crippen LogP contribution in [-0.4, -0.2) is 9.55 Å². The van der Waals surface area contributed by atoms with Crippen molar-refractivity contribution in [1.29, 1.82) is 0 Å². The first-order valence-electron chi connectivity index (χ1n) is 22.3. The van der Waals surface area contributed by atoms with E-state index in [0.717, 1.165) is 33.7 Å². The van der Waals surface area contributed by atoms with E-state index in [1.165, 1.54) is 82.7 Å². The van der Waals surface area contributed by atoms with Crippen molar-refractivity contribution in [3.05, 3.63) is 255 Å². The predicted octanol–water partition coefficient (Wildman–Crippen LogP) is 17.0. The van der Waals surface area contributed by atoms with Gasteiger partial charge in [0, 0.05) is 11.3 Å². The summed E-state index contributed by atoms with van der Waals surface area (Å²) in [6.07, 6.45) is 0. The number of aromatic nitrogens is 2. The maximum absolute atomic E-state index is 5.24. The average Bonchev–Trinajstić information content (AvgIpc) is 3.78. The number of para-hydroxylation sites is 3. The topological polar surface area (TPSA) is 17.8 Å². The monoisotopic (exact) mass is 826 g/mol. The molecule has 0 bridgehead atoms. The Bertz CT molecular complexity index is 3570. The Balaban J connectivity index is 1.07. The highest BCUT2D eigenvalue weighted by Crippen LogP contribution is 2.48. The Hall–Kier alpha value is -8.59. The molecule has 1 heterocycles. The van der Waals surface area contributed by atoms with Gasteiger partial charge in [-0.05, 0) is 137 Å². The lowest BCUT2D eigenvalue weighted by molar-refractivity contribution is 1.10. The van der Waals surface area contributed by atoms with Gasteiger partial charge < -0.3 is 0 Å². The Morgan fingerprint density at radius 1 is 0.262 bits per heavy atom. The number of nitrogens with zero attached hydrogens (tertiary/aromatic N) is 2. The van der Waals surface area contributed by atoms with Crippen molar-refractivity contribution in [3.63, 3.8) is 0 Å². The molecule has 0 fully saturated rings. The number of imidazole rings is 1. The summed E-state index contributed by atoms with van der Waals surface area (Å²) in [5.74, 6) is 0.919. The van der Waals surface area contributed by atoms with E-state index >= 15 is 0 Å². The molecule has 12 aromatic rings. The van der Waals surface area contributed by atoms with Gasteiger partial charge >= 0.3 is 0 Å². The molecule has 0 amide bonds. The summed E-state index contributed by atoms with van der Waals surface area (Å²) in [5.41, 5.74) is 18.5. The van der Waals surface area contributed by atoms with E-state index in [9.17, 15) is 0 Å². The predicted molar refractivity (Wildman–Crippen MR) is 274 cm³/mol. The molecule has 2 nitrogen and oxygen atoms in total. The molecule has 0 aliphatic carbocycles. The van der Waals surface area contributed by atoms with Crippen LogP contribution in [0.4, 0.5) is 0 Å². The zero-order valence-corrected chi connectivity index (χ0v) is 35.6. The molecule has 12 rings (SSSR count). The van der Waals surface area contributed by atoms with Gasteiger partial charge in [-0.3, -0.25) is 4.57 Å². The molecule has 2 heteroatoms. The fourth-order valence-corrected chi connectivity index (χ4v) is 9.89. The van der Waals surface area contributed by atoms with Gasteiger partial charge in [-0.1, -0.05) is 206 Å². The van der Waals surface area contributed by atoms with Crippen molar-refractivity contribution in [2.45, 2.75) is 0 Å². The molecule has 0 aliphatic heterocycles. The van der Waals surface area contributed by atoms with Crippen LogP contribution in [0.15, 0.2) is 255 Å². The van der Waals surface area contributed by atoms with Crippen LogP contribution < -0.4 is 0 Å². The third-order valence-corrected chi connectivity index (χ3v) is 12.8. The van der Waals surface area contributed by atoms with Crippen molar-refractivity contribution in [2.24, 2.45) is 0 Å². The first kappa shape index (κ1) is 38.1. The van der Waals surface area contributed by atoms with Crippen LogP contribution in [0.25, 0.3) is 116 Å². The number of fused-ring (bicyclic) bond motifs is 3. The standard InChI is InChI=1S/C63H42N2/c1-5-21-43(22-6-1)50-41-56(44-23-7-2-8-24-44)62(57(42-50)45-25-9-3-10-26-45)47-28-19-27-46(39-47)60-52-33-13-15-35-54(52)61(55-36-16-14-34-53(55)60)48-29-20-30-49(40-48)63-64-58-37-17-18-38-59(58)65(63)51-31-11-4-12-32-51/h1-42H. The summed E-state index contributed by atoms with van der Waals surface area (Å²) in [6.45, 7) is 0. The maximum Gasteiger partial charge on any atom is 0.145 e. The molecule has 0 aliphatic rings. The van der Waals surface area contributed by atoms with Crippen molar-refractivity contribution in [1.82, 2.24) is 9.55 Å². The van der Waals surface area contributed by atoms with Crippen molar-refractivity contribution < 1.29 is 0 Å². The highest BCUT2D eigenvalue weighted by Gasteiger charge is 2.22. The molecule has 0 atom stereocenters. The van der Waals surface area contributed by atoms with Gasteiger partial charge in [0.2, 0.25) is 0 Å². The molecule has 65 heavy (non-hydrogen) atoms. The van der Waals surface area contributed by atoms with Crippen molar-refractivity contribution >= 4 is 32.6 Å². The van der Waals surface area contributed by atoms with Crippen LogP contribution in [0.1, 0.15) is 0 Å². The normalized spacial score (nSPS) is 11.4. The minimum Gasteiger partial charge on any atom is -0.292 e. The Kier molecular flexibility index (Phi) is 9.54. The van der Waals surface area contributed by atoms with Crippen LogP contribution in [0, 0.1) is 0 Å². The van der Waals surface area contributed by atoms with E-state index in [0.29, 0.717) is 0 Å². The zero-order valence-electron chi connectivity index (χ0n) is 35.6. The molecule has 0 spiro atoms. The molecule has 11 aromatic carbocycles. The number of hydrogen-bond acceptors (Lipinski definition) is 1. The van der Waals surface area contributed by atoms with Crippen LogP contribution in [0.2, 0.25) is 0 Å². The van der Waals surface area contributed by atoms with Crippen molar-refractivity contribution in [3.8, 4) is 83.8 Å². The summed E-state index contributed by atoms with van der Waals surface area (Å²) in [7, 11) is 0. The van der Waals surface area contributed by atoms with Crippen LogP contribution in [0.5, 0.6) is 0 Å². The molecule has 0 saturated heterocycles. The summed E-state index contributed by atoms with van der Waals surface area (Å²) < 4.78 is 2.28. The summed E-state index contributed by atoms with van der Waals surface area (Å²) >= 11 is 0. The van der Waals surface area contributed by atoms with E-state index in [1.807, 2.05) is 0 Å². The molecule has 1 aromatic heterocycles. The molecular weight excluding hydrogens is 785 g/mol. The van der Waals surface area contributed by atoms with Crippen LogP contribution in [-0.2, 0) is 0 Å². The lowest BCUT2D eigenvalue weighted by Crippen LogP contribution is -1.97. The summed E-state index contributed by atoms with van der Waals surface area (Å²) in [4.78, 5) is 5.24. The Morgan fingerprint density at radius 2 is 0.646 bits per heavy atom. The minimum absolute atomic E-state index is 0.919. The van der Waals surface area contributed by atoms with E-state index in [4.69, 9.17) is 4.98 Å². The molecule has 0 N–H and O–H groups in total. The van der Waals surface area contributed by atoms with Gasteiger partial charge in [0.25, 0.3) is 0 Å². The van der Waals surface area contributed by atoms with Crippen LogP contribution in [0.3, 0.4) is 0 Å². The van der Waals surface area contributed by atoms with Crippen LogP contribution >= 0.6 is 0 Å². The quantitative estimate of drug-likeness (QED) is 0.140. The molecule has 0 saturated carbocycles. The highest BCUT2D eigenvalue weighted by atomic mass is 15.1. The summed E-state index contributed by atoms with van der Waals surface area (Å²) in [6, 6.07) is 92.2. The number of benzene rings is 11. The van der Waals surface area contributed by atoms with E-state index in [2.05, 4.69) is 259 Å². The average molecular weight is 827 g/mol. The number of rotatable bonds is 8. The SMILES string of the molecule is c1ccc(-c2cc(-c3ccccc3)c(-c3cccc(-c4c5ccccc5c(-c5cccc(-c6nc7ccccc7n6-c6ccccc6)c5)c5ccccc45)c3)c(-c3ccccc3)c2)cc1. The summed E-state index contributed by atoms with van der Waals surface area (Å²) in [5, 5.41) is 4.85. The highest BCUT2D eigenvalue weighted by molar-refractivity contribution is 6.21. The van der Waals surface area contributed by atoms with Gasteiger partial charge in [0.1, 0.15) is 5.82 Å². The van der Waals surface area contributed by atoms with E-state index in [1.54, 1.807) is 0 Å². The number of hydrogen-bond donors (Lipinski definition) is 0. The Labute approximate surface area is 379 Å². The van der Waals surface area contributed by atoms with Gasteiger partial charge in [-0.2, -0.15) is 0 Å². The van der Waals surface area contributed by atoms with E-state index < -0.39 is 0 Å². The second-order valence-electron chi connectivity index (χ2n) is 16.6. The fourth-order valence-electron chi connectivity index (χ4n) is 9.89. The largest absolute Gasteiger partial charge is 0.292 e. The smallest absolute Gasteiger partial charge is 0.145 e. The second-order valence-corrected chi connectivity index (χ2v) is 16.6. The first-order valence-corrected chi connectivity index (χ1v) is 22.3. The maximum atomic E-state index is 5.24. The Morgan fingerprint density at radius 3 is 1.17 bits per heavy atom. The lowest BCUT2D eigenvalue weighted by atomic mass is 9.82.